The first kappa shape index (κ1) is 16.2. The highest BCUT2D eigenvalue weighted by Gasteiger charge is 2.13. The van der Waals surface area contributed by atoms with E-state index < -0.39 is 6.10 Å². The van der Waals surface area contributed by atoms with Crippen molar-refractivity contribution in [2.75, 3.05) is 18.0 Å². The Morgan fingerprint density at radius 3 is 2.38 bits per heavy atom. The Bertz CT molecular complexity index is 742. The number of benzene rings is 2. The lowest BCUT2D eigenvalue weighted by Crippen LogP contribution is -2.32. The van der Waals surface area contributed by atoms with Gasteiger partial charge in [0, 0.05) is 30.8 Å². The van der Waals surface area contributed by atoms with Crippen LogP contribution in [0.2, 0.25) is 0 Å². The van der Waals surface area contributed by atoms with E-state index in [4.69, 9.17) is 4.52 Å². The molecule has 1 aromatic heterocycles. The predicted octanol–water partition coefficient (Wildman–Crippen LogP) is 3.17. The third kappa shape index (κ3) is 4.20. The van der Waals surface area contributed by atoms with Crippen molar-refractivity contribution >= 4 is 5.69 Å². The Labute approximate surface area is 141 Å². The van der Waals surface area contributed by atoms with E-state index in [1.807, 2.05) is 60.7 Å². The van der Waals surface area contributed by atoms with E-state index >= 15 is 0 Å². The van der Waals surface area contributed by atoms with Gasteiger partial charge >= 0.3 is 0 Å². The normalized spacial score (nSPS) is 12.1. The molecule has 0 radical (unpaired) electrons. The highest BCUT2D eigenvalue weighted by molar-refractivity contribution is 5.53. The van der Waals surface area contributed by atoms with Gasteiger partial charge in [0.15, 0.2) is 0 Å². The van der Waals surface area contributed by atoms with Gasteiger partial charge < -0.3 is 14.5 Å². The van der Waals surface area contributed by atoms with Crippen LogP contribution in [0, 0.1) is 0 Å². The molecule has 0 aliphatic carbocycles. The summed E-state index contributed by atoms with van der Waals surface area (Å²) in [4.78, 5) is 6.58. The Kier molecular flexibility index (Phi) is 5.23. The molecule has 3 rings (SSSR count). The van der Waals surface area contributed by atoms with E-state index in [1.165, 1.54) is 0 Å². The number of aromatic nitrogens is 2. The molecule has 0 fully saturated rings. The molecule has 5 nitrogen and oxygen atoms in total. The number of hydrogen-bond donors (Lipinski definition) is 1. The van der Waals surface area contributed by atoms with Crippen LogP contribution in [-0.4, -0.2) is 34.4 Å². The number of hydrogen-bond acceptors (Lipinski definition) is 5. The maximum absolute atomic E-state index is 9.74. The number of para-hydroxylation sites is 1. The largest absolute Gasteiger partial charge is 0.392 e. The maximum Gasteiger partial charge on any atom is 0.228 e. The molecule has 2 aromatic carbocycles. The van der Waals surface area contributed by atoms with Crippen LogP contribution in [0.25, 0.3) is 11.4 Å². The van der Waals surface area contributed by atoms with Gasteiger partial charge in [0.1, 0.15) is 0 Å². The van der Waals surface area contributed by atoms with Crippen LogP contribution in [0.3, 0.4) is 0 Å². The van der Waals surface area contributed by atoms with Crippen LogP contribution in [0.1, 0.15) is 12.8 Å². The third-order valence-corrected chi connectivity index (χ3v) is 3.70. The summed E-state index contributed by atoms with van der Waals surface area (Å²) < 4.78 is 5.36. The first-order chi connectivity index (χ1) is 11.7. The monoisotopic (exact) mass is 323 g/mol. The van der Waals surface area contributed by atoms with Crippen molar-refractivity contribution in [1.82, 2.24) is 10.1 Å². The van der Waals surface area contributed by atoms with Crippen molar-refractivity contribution in [3.05, 3.63) is 66.6 Å². The van der Waals surface area contributed by atoms with Gasteiger partial charge in [-0.3, -0.25) is 0 Å². The van der Waals surface area contributed by atoms with Gasteiger partial charge in [-0.05, 0) is 19.1 Å². The molecule has 24 heavy (non-hydrogen) atoms. The van der Waals surface area contributed by atoms with Gasteiger partial charge in [-0.2, -0.15) is 4.98 Å². The summed E-state index contributed by atoms with van der Waals surface area (Å²) in [5.74, 6) is 1.20. The standard InChI is InChI=1S/C19H21N3O2/c1-15(23)14-22(17-10-6-3-7-11-17)13-12-18-20-19(21-24-18)16-8-4-2-5-9-16/h2-11,15,23H,12-14H2,1H3. The van der Waals surface area contributed by atoms with Crippen LogP contribution < -0.4 is 4.90 Å². The van der Waals surface area contributed by atoms with Crippen LogP contribution in [0.4, 0.5) is 5.69 Å². The fourth-order valence-electron chi connectivity index (χ4n) is 2.58. The third-order valence-electron chi connectivity index (χ3n) is 3.70. The molecule has 0 aliphatic heterocycles. The molecule has 1 atom stereocenters. The van der Waals surface area contributed by atoms with Crippen LogP contribution in [0.15, 0.2) is 65.2 Å². The van der Waals surface area contributed by atoms with Crippen molar-refractivity contribution in [3.63, 3.8) is 0 Å². The summed E-state index contributed by atoms with van der Waals surface area (Å²) in [5, 5.41) is 13.8. The van der Waals surface area contributed by atoms with E-state index in [2.05, 4.69) is 15.0 Å². The Balaban J connectivity index is 1.68. The smallest absolute Gasteiger partial charge is 0.228 e. The minimum Gasteiger partial charge on any atom is -0.392 e. The summed E-state index contributed by atoms with van der Waals surface area (Å²) in [5.41, 5.74) is 2.01. The molecule has 124 valence electrons. The van der Waals surface area contributed by atoms with E-state index in [-0.39, 0.29) is 0 Å². The summed E-state index contributed by atoms with van der Waals surface area (Å²) >= 11 is 0. The fourth-order valence-corrected chi connectivity index (χ4v) is 2.58. The van der Waals surface area contributed by atoms with Crippen molar-refractivity contribution < 1.29 is 9.63 Å². The summed E-state index contributed by atoms with van der Waals surface area (Å²) in [6.07, 6.45) is 0.217. The van der Waals surface area contributed by atoms with Gasteiger partial charge in [0.05, 0.1) is 6.10 Å². The van der Waals surface area contributed by atoms with E-state index in [1.54, 1.807) is 6.92 Å². The molecule has 0 aliphatic rings. The van der Waals surface area contributed by atoms with Crippen molar-refractivity contribution in [2.45, 2.75) is 19.4 Å². The maximum atomic E-state index is 9.74. The average molecular weight is 323 g/mol. The Hall–Kier alpha value is -2.66. The Morgan fingerprint density at radius 1 is 1.04 bits per heavy atom. The molecule has 5 heteroatoms. The summed E-state index contributed by atoms with van der Waals surface area (Å²) in [6, 6.07) is 19.8. The number of anilines is 1. The van der Waals surface area contributed by atoms with Gasteiger partial charge in [-0.15, -0.1) is 0 Å². The second kappa shape index (κ2) is 7.75. The predicted molar refractivity (Wildman–Crippen MR) is 93.8 cm³/mol. The van der Waals surface area contributed by atoms with E-state index in [9.17, 15) is 5.11 Å². The van der Waals surface area contributed by atoms with Gasteiger partial charge in [-0.1, -0.05) is 53.7 Å². The molecular formula is C19H21N3O2. The lowest BCUT2D eigenvalue weighted by atomic mass is 10.2. The second-order valence-corrected chi connectivity index (χ2v) is 5.76. The van der Waals surface area contributed by atoms with Gasteiger partial charge in [0.2, 0.25) is 11.7 Å². The topological polar surface area (TPSA) is 62.4 Å². The number of aliphatic hydroxyl groups is 1. The minimum atomic E-state index is -0.409. The zero-order chi connectivity index (χ0) is 16.8. The molecular weight excluding hydrogens is 302 g/mol. The molecule has 3 aromatic rings. The van der Waals surface area contributed by atoms with Gasteiger partial charge in [0.25, 0.3) is 0 Å². The van der Waals surface area contributed by atoms with Crippen molar-refractivity contribution in [3.8, 4) is 11.4 Å². The van der Waals surface area contributed by atoms with Crippen LogP contribution in [-0.2, 0) is 6.42 Å². The summed E-state index contributed by atoms with van der Waals surface area (Å²) in [7, 11) is 0. The van der Waals surface area contributed by atoms with E-state index in [0.29, 0.717) is 31.2 Å². The van der Waals surface area contributed by atoms with E-state index in [0.717, 1.165) is 11.3 Å². The second-order valence-electron chi connectivity index (χ2n) is 5.76. The quantitative estimate of drug-likeness (QED) is 0.723. The zero-order valence-corrected chi connectivity index (χ0v) is 13.7. The first-order valence-corrected chi connectivity index (χ1v) is 8.08. The van der Waals surface area contributed by atoms with Crippen LogP contribution >= 0.6 is 0 Å². The summed E-state index contributed by atoms with van der Waals surface area (Å²) in [6.45, 7) is 3.05. The molecule has 1 N–H and O–H groups in total. The molecule has 0 amide bonds. The highest BCUT2D eigenvalue weighted by Crippen LogP contribution is 2.17. The molecule has 1 unspecified atom stereocenters. The number of nitrogens with zero attached hydrogens (tertiary/aromatic N) is 3. The van der Waals surface area contributed by atoms with Crippen molar-refractivity contribution in [1.29, 1.82) is 0 Å². The Morgan fingerprint density at radius 2 is 1.71 bits per heavy atom. The fraction of sp³-hybridized carbons (Fsp3) is 0.263. The SMILES string of the molecule is CC(O)CN(CCc1nc(-c2ccccc2)no1)c1ccccc1. The number of rotatable bonds is 7. The lowest BCUT2D eigenvalue weighted by Gasteiger charge is -2.25. The molecule has 0 saturated carbocycles. The molecule has 0 bridgehead atoms. The van der Waals surface area contributed by atoms with Crippen LogP contribution in [0.5, 0.6) is 0 Å². The molecule has 1 heterocycles. The average Bonchev–Trinajstić information content (AvgIpc) is 3.09. The van der Waals surface area contributed by atoms with Gasteiger partial charge in [-0.25, -0.2) is 0 Å². The zero-order valence-electron chi connectivity index (χ0n) is 13.7. The highest BCUT2D eigenvalue weighted by atomic mass is 16.5. The minimum absolute atomic E-state index is 0.409. The van der Waals surface area contributed by atoms with Crippen molar-refractivity contribution in [2.24, 2.45) is 0 Å². The lowest BCUT2D eigenvalue weighted by molar-refractivity contribution is 0.199. The first-order valence-electron chi connectivity index (χ1n) is 8.08. The molecule has 0 spiro atoms. The molecule has 0 saturated heterocycles. The number of aliphatic hydroxyl groups excluding tert-OH is 1.